The predicted octanol–water partition coefficient (Wildman–Crippen LogP) is 3.38. The maximum Gasteiger partial charge on any atom is 0.307 e. The van der Waals surface area contributed by atoms with Crippen LogP contribution in [-0.2, 0) is 9.53 Å². The standard InChI is InChI=1S/C21H19N3O3/c1-13-4-3-5-16-10-18(23-20(13)16)21(26)24-17(11-19(25)27-2)15-8-6-14(12-22)7-9-15/h3-10,17,23H,11H2,1-2H3,(H,24,26)/t17-/m1/s1. The number of nitrogens with one attached hydrogen (secondary N) is 2. The van der Waals surface area contributed by atoms with Crippen molar-refractivity contribution in [2.24, 2.45) is 0 Å². The second kappa shape index (κ2) is 7.75. The number of methoxy groups -OCH3 is 1. The van der Waals surface area contributed by atoms with E-state index in [0.717, 1.165) is 22.0 Å². The van der Waals surface area contributed by atoms with Gasteiger partial charge in [-0.05, 0) is 36.2 Å². The van der Waals surface area contributed by atoms with Gasteiger partial charge < -0.3 is 15.0 Å². The average molecular weight is 361 g/mol. The smallest absolute Gasteiger partial charge is 0.307 e. The molecule has 0 aliphatic carbocycles. The number of para-hydroxylation sites is 1. The van der Waals surface area contributed by atoms with E-state index in [4.69, 9.17) is 10.00 Å². The van der Waals surface area contributed by atoms with Gasteiger partial charge in [0.2, 0.25) is 0 Å². The van der Waals surface area contributed by atoms with Crippen molar-refractivity contribution in [3.05, 3.63) is 70.9 Å². The summed E-state index contributed by atoms with van der Waals surface area (Å²) in [5.41, 5.74) is 3.60. The third-order valence-corrected chi connectivity index (χ3v) is 4.46. The first kappa shape index (κ1) is 18.2. The van der Waals surface area contributed by atoms with Gasteiger partial charge in [-0.1, -0.05) is 30.3 Å². The molecule has 3 rings (SSSR count). The number of amides is 1. The second-order valence-electron chi connectivity index (χ2n) is 6.26. The quantitative estimate of drug-likeness (QED) is 0.681. The molecule has 0 saturated heterocycles. The first-order valence-electron chi connectivity index (χ1n) is 8.48. The lowest BCUT2D eigenvalue weighted by Gasteiger charge is -2.18. The van der Waals surface area contributed by atoms with Crippen LogP contribution in [0.2, 0.25) is 0 Å². The highest BCUT2D eigenvalue weighted by Crippen LogP contribution is 2.22. The summed E-state index contributed by atoms with van der Waals surface area (Å²) in [4.78, 5) is 27.7. The molecular formula is C21H19N3O3. The molecule has 0 unspecified atom stereocenters. The van der Waals surface area contributed by atoms with E-state index in [2.05, 4.69) is 10.3 Å². The number of aromatic nitrogens is 1. The molecule has 1 heterocycles. The molecule has 0 bridgehead atoms. The monoisotopic (exact) mass is 361 g/mol. The summed E-state index contributed by atoms with van der Waals surface area (Å²) in [7, 11) is 1.31. The lowest BCUT2D eigenvalue weighted by atomic mass is 10.0. The van der Waals surface area contributed by atoms with Gasteiger partial charge in [0.25, 0.3) is 5.91 Å². The van der Waals surface area contributed by atoms with Crippen molar-refractivity contribution in [2.45, 2.75) is 19.4 Å². The Labute approximate surface area is 156 Å². The van der Waals surface area contributed by atoms with Crippen molar-refractivity contribution < 1.29 is 14.3 Å². The number of nitriles is 1. The number of ether oxygens (including phenoxy) is 1. The Hall–Kier alpha value is -3.59. The van der Waals surface area contributed by atoms with E-state index >= 15 is 0 Å². The molecule has 1 amide bonds. The number of carbonyl (C=O) groups excluding carboxylic acids is 2. The molecule has 3 aromatic rings. The number of aryl methyl sites for hydroxylation is 1. The zero-order valence-corrected chi connectivity index (χ0v) is 15.1. The average Bonchev–Trinajstić information content (AvgIpc) is 3.13. The third kappa shape index (κ3) is 3.98. The van der Waals surface area contributed by atoms with Crippen LogP contribution in [0.4, 0.5) is 0 Å². The number of nitrogens with zero attached hydrogens (tertiary/aromatic N) is 1. The topological polar surface area (TPSA) is 95.0 Å². The summed E-state index contributed by atoms with van der Waals surface area (Å²) in [5, 5.41) is 12.8. The molecule has 0 spiro atoms. The molecule has 6 heteroatoms. The third-order valence-electron chi connectivity index (χ3n) is 4.46. The van der Waals surface area contributed by atoms with Crippen LogP contribution < -0.4 is 5.32 Å². The Morgan fingerprint density at radius 3 is 2.59 bits per heavy atom. The molecule has 0 radical (unpaired) electrons. The van der Waals surface area contributed by atoms with Gasteiger partial charge in [0.1, 0.15) is 5.69 Å². The van der Waals surface area contributed by atoms with Gasteiger partial charge >= 0.3 is 5.97 Å². The molecule has 0 saturated carbocycles. The summed E-state index contributed by atoms with van der Waals surface area (Å²) >= 11 is 0. The molecule has 27 heavy (non-hydrogen) atoms. The number of H-pyrrole nitrogens is 1. The van der Waals surface area contributed by atoms with Gasteiger partial charge in [-0.3, -0.25) is 9.59 Å². The number of esters is 1. The van der Waals surface area contributed by atoms with Crippen molar-refractivity contribution >= 4 is 22.8 Å². The van der Waals surface area contributed by atoms with Crippen molar-refractivity contribution in [2.75, 3.05) is 7.11 Å². The van der Waals surface area contributed by atoms with Crippen LogP contribution in [0, 0.1) is 18.3 Å². The number of aromatic amines is 1. The van der Waals surface area contributed by atoms with Gasteiger partial charge in [0.05, 0.1) is 31.2 Å². The first-order valence-corrected chi connectivity index (χ1v) is 8.48. The second-order valence-corrected chi connectivity index (χ2v) is 6.26. The SMILES string of the molecule is COC(=O)C[C@@H](NC(=O)c1cc2cccc(C)c2[nH]1)c1ccc(C#N)cc1. The molecule has 0 aliphatic rings. The molecule has 2 N–H and O–H groups in total. The minimum Gasteiger partial charge on any atom is -0.469 e. The number of benzene rings is 2. The predicted molar refractivity (Wildman–Crippen MR) is 101 cm³/mol. The van der Waals surface area contributed by atoms with Crippen LogP contribution in [0.1, 0.15) is 39.6 Å². The molecule has 2 aromatic carbocycles. The fourth-order valence-electron chi connectivity index (χ4n) is 2.96. The summed E-state index contributed by atoms with van der Waals surface area (Å²) in [5.74, 6) is -0.749. The van der Waals surface area contributed by atoms with E-state index in [1.54, 1.807) is 30.3 Å². The van der Waals surface area contributed by atoms with Gasteiger partial charge in [-0.25, -0.2) is 0 Å². The van der Waals surface area contributed by atoms with E-state index in [-0.39, 0.29) is 12.3 Å². The molecule has 6 nitrogen and oxygen atoms in total. The summed E-state index contributed by atoms with van der Waals surface area (Å²) in [6, 6.07) is 15.9. The van der Waals surface area contributed by atoms with E-state index in [1.807, 2.05) is 31.2 Å². The maximum atomic E-state index is 12.8. The van der Waals surface area contributed by atoms with Gasteiger partial charge in [-0.2, -0.15) is 5.26 Å². The minimum atomic E-state index is -0.565. The van der Waals surface area contributed by atoms with E-state index in [1.165, 1.54) is 7.11 Å². The lowest BCUT2D eigenvalue weighted by Crippen LogP contribution is -2.30. The van der Waals surface area contributed by atoms with E-state index in [0.29, 0.717) is 11.3 Å². The number of fused-ring (bicyclic) bond motifs is 1. The first-order chi connectivity index (χ1) is 13.0. The highest BCUT2D eigenvalue weighted by Gasteiger charge is 2.21. The van der Waals surface area contributed by atoms with Crippen molar-refractivity contribution in [1.29, 1.82) is 5.26 Å². The Bertz CT molecular complexity index is 1030. The lowest BCUT2D eigenvalue weighted by molar-refractivity contribution is -0.141. The van der Waals surface area contributed by atoms with Gasteiger partial charge in [0.15, 0.2) is 0 Å². The molecular weight excluding hydrogens is 342 g/mol. The molecule has 0 aliphatic heterocycles. The summed E-state index contributed by atoms with van der Waals surface area (Å²) < 4.78 is 4.75. The van der Waals surface area contributed by atoms with Crippen LogP contribution in [0.5, 0.6) is 0 Å². The molecule has 1 atom stereocenters. The van der Waals surface area contributed by atoms with Crippen molar-refractivity contribution in [3.8, 4) is 6.07 Å². The van der Waals surface area contributed by atoms with Crippen LogP contribution in [-0.4, -0.2) is 24.0 Å². The number of hydrogen-bond acceptors (Lipinski definition) is 4. The fraction of sp³-hybridized carbons (Fsp3) is 0.190. The van der Waals surface area contributed by atoms with Crippen molar-refractivity contribution in [1.82, 2.24) is 10.3 Å². The van der Waals surface area contributed by atoms with Crippen LogP contribution >= 0.6 is 0 Å². The summed E-state index contributed by atoms with van der Waals surface area (Å²) in [6.07, 6.45) is -0.00655. The zero-order valence-electron chi connectivity index (χ0n) is 15.1. The minimum absolute atomic E-state index is 0.00655. The zero-order chi connectivity index (χ0) is 19.4. The van der Waals surface area contributed by atoms with Crippen LogP contribution in [0.3, 0.4) is 0 Å². The molecule has 136 valence electrons. The Kier molecular flexibility index (Phi) is 5.23. The fourth-order valence-corrected chi connectivity index (χ4v) is 2.96. The Morgan fingerprint density at radius 2 is 1.96 bits per heavy atom. The van der Waals surface area contributed by atoms with Crippen LogP contribution in [0.15, 0.2) is 48.5 Å². The van der Waals surface area contributed by atoms with E-state index in [9.17, 15) is 9.59 Å². The highest BCUT2D eigenvalue weighted by molar-refractivity contribution is 5.99. The van der Waals surface area contributed by atoms with Crippen LogP contribution in [0.25, 0.3) is 10.9 Å². The Balaban J connectivity index is 1.87. The Morgan fingerprint density at radius 1 is 1.22 bits per heavy atom. The summed E-state index contributed by atoms with van der Waals surface area (Å²) in [6.45, 7) is 1.97. The molecule has 1 aromatic heterocycles. The number of carbonyl (C=O) groups is 2. The number of hydrogen-bond donors (Lipinski definition) is 2. The largest absolute Gasteiger partial charge is 0.469 e. The highest BCUT2D eigenvalue weighted by atomic mass is 16.5. The van der Waals surface area contributed by atoms with E-state index < -0.39 is 12.0 Å². The normalized spacial score (nSPS) is 11.6. The maximum absolute atomic E-state index is 12.8. The van der Waals surface area contributed by atoms with Gasteiger partial charge in [0, 0.05) is 10.9 Å². The van der Waals surface area contributed by atoms with Crippen molar-refractivity contribution in [3.63, 3.8) is 0 Å². The molecule has 0 fully saturated rings. The number of rotatable bonds is 5. The van der Waals surface area contributed by atoms with Gasteiger partial charge in [-0.15, -0.1) is 0 Å².